The molecule has 0 aromatic carbocycles. The average molecular weight is 201 g/mol. The minimum Gasteiger partial charge on any atom is -0.390 e. The molecule has 1 rings (SSSR count). The predicted molar refractivity (Wildman–Crippen MR) is 49.4 cm³/mol. The van der Waals surface area contributed by atoms with Crippen molar-refractivity contribution in [1.82, 2.24) is 9.55 Å². The predicted octanol–water partition coefficient (Wildman–Crippen LogP) is -0.0866. The van der Waals surface area contributed by atoms with E-state index in [0.29, 0.717) is 17.0 Å². The van der Waals surface area contributed by atoms with Crippen LogP contribution in [0.5, 0.6) is 0 Å². The van der Waals surface area contributed by atoms with Crippen LogP contribution in [0.3, 0.4) is 0 Å². The van der Waals surface area contributed by atoms with Gasteiger partial charge in [-0.05, 0) is 12.2 Å². The van der Waals surface area contributed by atoms with Crippen molar-refractivity contribution >= 4 is 18.1 Å². The summed E-state index contributed by atoms with van der Waals surface area (Å²) in [5.41, 5.74) is 5.65. The van der Waals surface area contributed by atoms with Crippen LogP contribution in [0.4, 0.5) is 0 Å². The summed E-state index contributed by atoms with van der Waals surface area (Å²) in [6, 6.07) is 0. The third kappa shape index (κ3) is 2.40. The molecule has 5 nitrogen and oxygen atoms in total. The molecule has 1 heterocycles. The molecule has 1 amide bonds. The Morgan fingerprint density at radius 3 is 3.00 bits per heavy atom. The Morgan fingerprint density at radius 2 is 2.46 bits per heavy atom. The van der Waals surface area contributed by atoms with Gasteiger partial charge < -0.3 is 20.4 Å². The number of primary amides is 1. The van der Waals surface area contributed by atoms with Gasteiger partial charge >= 0.3 is 0 Å². The number of aromatic nitrogens is 2. The summed E-state index contributed by atoms with van der Waals surface area (Å²) in [6.07, 6.45) is 1.84. The molecule has 0 radical (unpaired) electrons. The minimum absolute atomic E-state index is 0.105. The average Bonchev–Trinajstić information content (AvgIpc) is 2.43. The van der Waals surface area contributed by atoms with Crippen molar-refractivity contribution < 1.29 is 9.90 Å². The number of rotatable bonds is 4. The molecule has 0 aliphatic rings. The molecule has 0 atom stereocenters. The number of carbonyl (C=O) groups is 1. The van der Waals surface area contributed by atoms with Crippen LogP contribution in [-0.4, -0.2) is 20.6 Å². The van der Waals surface area contributed by atoms with Crippen molar-refractivity contribution in [3.8, 4) is 0 Å². The van der Waals surface area contributed by atoms with E-state index in [1.54, 1.807) is 10.8 Å². The van der Waals surface area contributed by atoms with Crippen molar-refractivity contribution in [2.24, 2.45) is 5.73 Å². The number of aromatic amines is 1. The van der Waals surface area contributed by atoms with Gasteiger partial charge in [0.05, 0.1) is 12.3 Å². The lowest BCUT2D eigenvalue weighted by atomic mass is 10.4. The second-order valence-corrected chi connectivity index (χ2v) is 3.00. The van der Waals surface area contributed by atoms with Crippen LogP contribution in [-0.2, 0) is 17.9 Å². The number of nitrogens with zero attached hydrogens (tertiary/aromatic N) is 1. The normalized spacial score (nSPS) is 10.2. The third-order valence-electron chi connectivity index (χ3n) is 1.70. The van der Waals surface area contributed by atoms with Gasteiger partial charge in [0.2, 0.25) is 5.91 Å². The molecular formula is C7H11N3O2S. The van der Waals surface area contributed by atoms with E-state index < -0.39 is 0 Å². The quantitative estimate of drug-likeness (QED) is 0.595. The largest absolute Gasteiger partial charge is 0.390 e. The lowest BCUT2D eigenvalue weighted by Crippen LogP contribution is -2.15. The first-order chi connectivity index (χ1) is 6.15. The maximum absolute atomic E-state index is 10.5. The highest BCUT2D eigenvalue weighted by atomic mass is 32.1. The lowest BCUT2D eigenvalue weighted by molar-refractivity contribution is -0.118. The molecule has 0 unspecified atom stereocenters. The summed E-state index contributed by atoms with van der Waals surface area (Å²) in [4.78, 5) is 13.3. The number of imidazole rings is 1. The first kappa shape index (κ1) is 9.94. The van der Waals surface area contributed by atoms with Crippen molar-refractivity contribution in [3.63, 3.8) is 0 Å². The minimum atomic E-state index is -0.382. The Hall–Kier alpha value is -1.14. The number of aliphatic hydroxyl groups excluding tert-OH is 1. The van der Waals surface area contributed by atoms with E-state index >= 15 is 0 Å². The van der Waals surface area contributed by atoms with Gasteiger partial charge in [-0.15, -0.1) is 0 Å². The van der Waals surface area contributed by atoms with Crippen LogP contribution >= 0.6 is 12.2 Å². The monoisotopic (exact) mass is 201 g/mol. The highest BCUT2D eigenvalue weighted by molar-refractivity contribution is 7.71. The smallest absolute Gasteiger partial charge is 0.219 e. The van der Waals surface area contributed by atoms with E-state index in [2.05, 4.69) is 4.98 Å². The summed E-state index contributed by atoms with van der Waals surface area (Å²) in [5.74, 6) is -0.382. The molecule has 1 aromatic rings. The standard InChI is InChI=1S/C7H11N3O2S/c8-6(12)1-2-10-5(4-11)3-9-7(10)13/h3,11H,1-2,4H2,(H2,8,12)(H,9,13). The molecule has 72 valence electrons. The van der Waals surface area contributed by atoms with Gasteiger partial charge in [-0.25, -0.2) is 0 Å². The van der Waals surface area contributed by atoms with E-state index in [-0.39, 0.29) is 18.9 Å². The summed E-state index contributed by atoms with van der Waals surface area (Å²) >= 11 is 4.94. The fraction of sp³-hybridized carbons (Fsp3) is 0.429. The van der Waals surface area contributed by atoms with Gasteiger partial charge in [0.25, 0.3) is 0 Å². The van der Waals surface area contributed by atoms with Gasteiger partial charge in [-0.2, -0.15) is 0 Å². The van der Waals surface area contributed by atoms with Crippen molar-refractivity contribution in [2.45, 2.75) is 19.6 Å². The first-order valence-corrected chi connectivity index (χ1v) is 4.22. The molecule has 0 bridgehead atoms. The molecule has 0 aliphatic carbocycles. The second-order valence-electron chi connectivity index (χ2n) is 2.61. The Labute approximate surface area is 80.2 Å². The van der Waals surface area contributed by atoms with Crippen LogP contribution < -0.4 is 5.73 Å². The van der Waals surface area contributed by atoms with Crippen LogP contribution in [0.2, 0.25) is 0 Å². The zero-order chi connectivity index (χ0) is 9.84. The highest BCUT2D eigenvalue weighted by Gasteiger charge is 2.03. The van der Waals surface area contributed by atoms with Crippen molar-refractivity contribution in [2.75, 3.05) is 0 Å². The summed E-state index contributed by atoms with van der Waals surface area (Å²) < 4.78 is 2.14. The maximum Gasteiger partial charge on any atom is 0.219 e. The Morgan fingerprint density at radius 1 is 1.77 bits per heavy atom. The van der Waals surface area contributed by atoms with Crippen LogP contribution in [0.15, 0.2) is 6.20 Å². The number of nitrogens with one attached hydrogen (secondary N) is 1. The van der Waals surface area contributed by atoms with Crippen LogP contribution in [0, 0.1) is 4.77 Å². The molecule has 0 saturated carbocycles. The molecular weight excluding hydrogens is 190 g/mol. The van der Waals surface area contributed by atoms with Gasteiger partial charge in [0.15, 0.2) is 4.77 Å². The highest BCUT2D eigenvalue weighted by Crippen LogP contribution is 2.02. The summed E-state index contributed by atoms with van der Waals surface area (Å²) in [7, 11) is 0. The fourth-order valence-electron chi connectivity index (χ4n) is 1.03. The molecule has 1 aromatic heterocycles. The zero-order valence-corrected chi connectivity index (χ0v) is 7.80. The van der Waals surface area contributed by atoms with Gasteiger partial charge in [-0.3, -0.25) is 4.79 Å². The third-order valence-corrected chi connectivity index (χ3v) is 2.04. The number of amides is 1. The zero-order valence-electron chi connectivity index (χ0n) is 6.99. The number of hydrogen-bond acceptors (Lipinski definition) is 3. The molecule has 0 saturated heterocycles. The number of H-pyrrole nitrogens is 1. The van der Waals surface area contributed by atoms with Crippen LogP contribution in [0.1, 0.15) is 12.1 Å². The van der Waals surface area contributed by atoms with E-state index in [4.69, 9.17) is 23.1 Å². The molecule has 0 fully saturated rings. The number of nitrogens with two attached hydrogens (primary N) is 1. The first-order valence-electron chi connectivity index (χ1n) is 3.81. The van der Waals surface area contributed by atoms with E-state index in [1.165, 1.54) is 0 Å². The van der Waals surface area contributed by atoms with E-state index in [0.717, 1.165) is 0 Å². The van der Waals surface area contributed by atoms with Crippen molar-refractivity contribution in [1.29, 1.82) is 0 Å². The number of aliphatic hydroxyl groups is 1. The van der Waals surface area contributed by atoms with Gasteiger partial charge in [-0.1, -0.05) is 0 Å². The number of hydrogen-bond donors (Lipinski definition) is 3. The molecule has 6 heteroatoms. The van der Waals surface area contributed by atoms with Crippen LogP contribution in [0.25, 0.3) is 0 Å². The Kier molecular flexibility index (Phi) is 3.21. The Balaban J connectivity index is 2.79. The second kappa shape index (κ2) is 4.20. The van der Waals surface area contributed by atoms with Gasteiger partial charge in [0, 0.05) is 19.2 Å². The van der Waals surface area contributed by atoms with Gasteiger partial charge in [0.1, 0.15) is 0 Å². The maximum atomic E-state index is 10.5. The van der Waals surface area contributed by atoms with Crippen molar-refractivity contribution in [3.05, 3.63) is 16.7 Å². The molecule has 0 aliphatic heterocycles. The molecule has 4 N–H and O–H groups in total. The topological polar surface area (TPSA) is 84.0 Å². The molecule has 13 heavy (non-hydrogen) atoms. The SMILES string of the molecule is NC(=O)CCn1c(CO)c[nH]c1=S. The number of carbonyl (C=O) groups excluding carboxylic acids is 1. The van der Waals surface area contributed by atoms with E-state index in [9.17, 15) is 4.79 Å². The fourth-order valence-corrected chi connectivity index (χ4v) is 1.30. The summed E-state index contributed by atoms with van der Waals surface area (Å²) in [5, 5.41) is 8.89. The summed E-state index contributed by atoms with van der Waals surface area (Å²) in [6.45, 7) is 0.305. The lowest BCUT2D eigenvalue weighted by Gasteiger charge is -2.03. The Bertz CT molecular complexity index is 355. The molecule has 0 spiro atoms. The van der Waals surface area contributed by atoms with E-state index in [1.807, 2.05) is 0 Å².